The van der Waals surface area contributed by atoms with E-state index in [0.717, 1.165) is 18.9 Å². The van der Waals surface area contributed by atoms with Gasteiger partial charge < -0.3 is 10.6 Å². The molecule has 0 bridgehead atoms. The Morgan fingerprint density at radius 3 is 2.37 bits per heavy atom. The van der Waals surface area contributed by atoms with E-state index in [2.05, 4.69) is 14.9 Å². The molecule has 4 nitrogen and oxygen atoms in total. The molecule has 1 fully saturated rings. The van der Waals surface area contributed by atoms with Crippen molar-refractivity contribution >= 4 is 5.95 Å². The van der Waals surface area contributed by atoms with Gasteiger partial charge in [0.05, 0.1) is 0 Å². The fourth-order valence-electron chi connectivity index (χ4n) is 2.55. The summed E-state index contributed by atoms with van der Waals surface area (Å²) in [5.41, 5.74) is 7.16. The zero-order valence-corrected chi connectivity index (χ0v) is 12.4. The summed E-state index contributed by atoms with van der Waals surface area (Å²) in [6.07, 6.45) is 10.2. The minimum Gasteiger partial charge on any atom is -0.344 e. The third-order valence-electron chi connectivity index (χ3n) is 3.92. The largest absolute Gasteiger partial charge is 0.344 e. The van der Waals surface area contributed by atoms with Gasteiger partial charge in [0.1, 0.15) is 0 Å². The molecule has 0 atom stereocenters. The predicted octanol–water partition coefficient (Wildman–Crippen LogP) is 2.70. The lowest BCUT2D eigenvalue weighted by molar-refractivity contribution is 0.477. The molecule has 0 spiro atoms. The Kier molecular flexibility index (Phi) is 4.40. The molecule has 4 heteroatoms. The van der Waals surface area contributed by atoms with Gasteiger partial charge in [0.15, 0.2) is 0 Å². The van der Waals surface area contributed by atoms with Crippen LogP contribution in [0.3, 0.4) is 0 Å². The van der Waals surface area contributed by atoms with Crippen molar-refractivity contribution in [2.24, 2.45) is 5.73 Å². The molecule has 1 saturated carbocycles. The highest BCUT2D eigenvalue weighted by Crippen LogP contribution is 2.33. The second-order valence-corrected chi connectivity index (χ2v) is 6.46. The maximum absolute atomic E-state index is 6.00. The minimum atomic E-state index is -0.141. The average molecular weight is 262 g/mol. The lowest BCUT2D eigenvalue weighted by Gasteiger charge is -2.23. The van der Waals surface area contributed by atoms with E-state index in [9.17, 15) is 0 Å². The highest BCUT2D eigenvalue weighted by Gasteiger charge is 2.18. The second kappa shape index (κ2) is 5.87. The van der Waals surface area contributed by atoms with Crippen LogP contribution in [0, 0.1) is 0 Å². The van der Waals surface area contributed by atoms with E-state index in [1.165, 1.54) is 31.2 Å². The topological polar surface area (TPSA) is 55.0 Å². The number of anilines is 1. The van der Waals surface area contributed by atoms with Crippen molar-refractivity contribution < 1.29 is 0 Å². The number of hydrogen-bond acceptors (Lipinski definition) is 4. The first kappa shape index (κ1) is 14.3. The molecule has 0 radical (unpaired) electrons. The molecule has 1 aliphatic rings. The van der Waals surface area contributed by atoms with Gasteiger partial charge in [-0.3, -0.25) is 0 Å². The van der Waals surface area contributed by atoms with Crippen LogP contribution in [-0.2, 0) is 0 Å². The summed E-state index contributed by atoms with van der Waals surface area (Å²) in [6.45, 7) is 4.97. The van der Waals surface area contributed by atoms with E-state index in [0.29, 0.717) is 5.92 Å². The Hall–Kier alpha value is -1.16. The third-order valence-corrected chi connectivity index (χ3v) is 3.92. The van der Waals surface area contributed by atoms with E-state index < -0.39 is 0 Å². The first-order chi connectivity index (χ1) is 8.96. The number of nitrogens with zero attached hydrogens (tertiary/aromatic N) is 3. The van der Waals surface area contributed by atoms with E-state index in [1.54, 1.807) is 0 Å². The van der Waals surface area contributed by atoms with Gasteiger partial charge in [-0.2, -0.15) is 0 Å². The molecule has 0 unspecified atom stereocenters. The molecule has 1 heterocycles. The van der Waals surface area contributed by atoms with Gasteiger partial charge in [0.2, 0.25) is 5.95 Å². The summed E-state index contributed by atoms with van der Waals surface area (Å²) in [5.74, 6) is 1.48. The smallest absolute Gasteiger partial charge is 0.224 e. The van der Waals surface area contributed by atoms with Gasteiger partial charge in [-0.25, -0.2) is 9.97 Å². The Bertz CT molecular complexity index is 388. The van der Waals surface area contributed by atoms with Gasteiger partial charge in [0, 0.05) is 31.5 Å². The number of hydrogen-bond donors (Lipinski definition) is 1. The van der Waals surface area contributed by atoms with Gasteiger partial charge in [-0.1, -0.05) is 12.8 Å². The van der Waals surface area contributed by atoms with Crippen molar-refractivity contribution in [3.05, 3.63) is 18.0 Å². The normalized spacial score (nSPS) is 16.8. The maximum atomic E-state index is 6.00. The average Bonchev–Trinajstić information content (AvgIpc) is 2.89. The highest BCUT2D eigenvalue weighted by atomic mass is 15.2. The number of nitrogens with two attached hydrogens (primary N) is 1. The van der Waals surface area contributed by atoms with Crippen LogP contribution in [0.1, 0.15) is 57.4 Å². The molecule has 2 rings (SSSR count). The summed E-state index contributed by atoms with van der Waals surface area (Å²) < 4.78 is 0. The van der Waals surface area contributed by atoms with E-state index in [4.69, 9.17) is 5.73 Å². The molecule has 1 aromatic rings. The van der Waals surface area contributed by atoms with Crippen molar-refractivity contribution in [2.75, 3.05) is 18.5 Å². The Balaban J connectivity index is 1.93. The highest BCUT2D eigenvalue weighted by molar-refractivity contribution is 5.29. The first-order valence-corrected chi connectivity index (χ1v) is 7.28. The van der Waals surface area contributed by atoms with E-state index in [1.807, 2.05) is 33.3 Å². The van der Waals surface area contributed by atoms with Crippen LogP contribution < -0.4 is 10.6 Å². The molecule has 2 N–H and O–H groups in total. The van der Waals surface area contributed by atoms with Crippen molar-refractivity contribution in [1.82, 2.24) is 9.97 Å². The number of aromatic nitrogens is 2. The Morgan fingerprint density at radius 2 is 1.84 bits per heavy atom. The molecule has 0 aliphatic heterocycles. The van der Waals surface area contributed by atoms with Crippen LogP contribution in [0.4, 0.5) is 5.95 Å². The van der Waals surface area contributed by atoms with Gasteiger partial charge in [0.25, 0.3) is 0 Å². The Morgan fingerprint density at radius 1 is 1.26 bits per heavy atom. The van der Waals surface area contributed by atoms with Crippen LogP contribution >= 0.6 is 0 Å². The monoisotopic (exact) mass is 262 g/mol. The fraction of sp³-hybridized carbons (Fsp3) is 0.733. The molecule has 0 amide bonds. The lowest BCUT2D eigenvalue weighted by atomic mass is 10.0. The summed E-state index contributed by atoms with van der Waals surface area (Å²) in [7, 11) is 2.02. The van der Waals surface area contributed by atoms with Crippen molar-refractivity contribution in [1.29, 1.82) is 0 Å². The molecule has 19 heavy (non-hydrogen) atoms. The maximum Gasteiger partial charge on any atom is 0.224 e. The molecular formula is C15H26N4. The summed E-state index contributed by atoms with van der Waals surface area (Å²) in [4.78, 5) is 11.1. The SMILES string of the molecule is CN(CCC(C)(C)N)c1ncc(C2CCCC2)cn1. The molecule has 106 valence electrons. The second-order valence-electron chi connectivity index (χ2n) is 6.46. The standard InChI is InChI=1S/C15H26N4/c1-15(2,16)8-9-19(3)14-17-10-13(11-18-14)12-6-4-5-7-12/h10-12H,4-9,16H2,1-3H3. The van der Waals surface area contributed by atoms with Gasteiger partial charge >= 0.3 is 0 Å². The van der Waals surface area contributed by atoms with Crippen molar-refractivity contribution in [2.45, 2.75) is 57.4 Å². The summed E-state index contributed by atoms with van der Waals surface area (Å²) in [5, 5.41) is 0. The molecular weight excluding hydrogens is 236 g/mol. The van der Waals surface area contributed by atoms with Gasteiger partial charge in [-0.05, 0) is 44.6 Å². The van der Waals surface area contributed by atoms with Crippen LogP contribution in [0.2, 0.25) is 0 Å². The van der Waals surface area contributed by atoms with E-state index >= 15 is 0 Å². The first-order valence-electron chi connectivity index (χ1n) is 7.28. The predicted molar refractivity (Wildman–Crippen MR) is 79.4 cm³/mol. The van der Waals surface area contributed by atoms with Crippen molar-refractivity contribution in [3.63, 3.8) is 0 Å². The zero-order chi connectivity index (χ0) is 13.9. The summed E-state index contributed by atoms with van der Waals surface area (Å²) >= 11 is 0. The van der Waals surface area contributed by atoms with Crippen molar-refractivity contribution in [3.8, 4) is 0 Å². The van der Waals surface area contributed by atoms with Gasteiger partial charge in [-0.15, -0.1) is 0 Å². The molecule has 1 aromatic heterocycles. The molecule has 1 aliphatic carbocycles. The fourth-order valence-corrected chi connectivity index (χ4v) is 2.55. The zero-order valence-electron chi connectivity index (χ0n) is 12.4. The van der Waals surface area contributed by atoms with E-state index in [-0.39, 0.29) is 5.54 Å². The van der Waals surface area contributed by atoms with Crippen LogP contribution in [-0.4, -0.2) is 29.1 Å². The molecule has 0 aromatic carbocycles. The van der Waals surface area contributed by atoms with Crippen LogP contribution in [0.5, 0.6) is 0 Å². The quantitative estimate of drug-likeness (QED) is 0.886. The molecule has 0 saturated heterocycles. The lowest BCUT2D eigenvalue weighted by Crippen LogP contribution is -2.36. The summed E-state index contributed by atoms with van der Waals surface area (Å²) in [6, 6.07) is 0. The third kappa shape index (κ3) is 4.16. The van der Waals surface area contributed by atoms with Crippen LogP contribution in [0.15, 0.2) is 12.4 Å². The Labute approximate surface area is 116 Å². The van der Waals surface area contributed by atoms with Crippen LogP contribution in [0.25, 0.3) is 0 Å². The number of rotatable bonds is 5. The minimum absolute atomic E-state index is 0.141.